The minimum Gasteiger partial charge on any atom is -0.423 e. The third-order valence-electron chi connectivity index (χ3n) is 9.18. The van der Waals surface area contributed by atoms with E-state index in [4.69, 9.17) is 20.4 Å². The van der Waals surface area contributed by atoms with E-state index >= 15 is 0 Å². The maximum Gasteiger partial charge on any atom is 0.324 e. The molecule has 8 nitrogen and oxygen atoms in total. The van der Waals surface area contributed by atoms with Gasteiger partial charge >= 0.3 is 6.01 Å². The second-order valence-electron chi connectivity index (χ2n) is 11.3. The molecule has 8 rings (SSSR count). The average molecular weight is 499 g/mol. The van der Waals surface area contributed by atoms with Gasteiger partial charge in [-0.1, -0.05) is 0 Å². The fourth-order valence-corrected chi connectivity index (χ4v) is 7.02. The van der Waals surface area contributed by atoms with Crippen molar-refractivity contribution < 1.29 is 13.9 Å². The number of Topliss-reactive ketones (excluding diaryl/α,β-unsaturated/α-hetero) is 1. The van der Waals surface area contributed by atoms with Crippen LogP contribution in [0.4, 0.5) is 15.9 Å². The minimum absolute atomic E-state index is 0.0375. The zero-order valence-corrected chi connectivity index (χ0v) is 20.6. The fraction of sp³-hybridized carbons (Fsp3) is 0.429. The summed E-state index contributed by atoms with van der Waals surface area (Å²) in [6.45, 7) is 1.68. The number of ketones is 1. The number of pyridine rings is 1. The lowest BCUT2D eigenvalue weighted by Crippen LogP contribution is -2.46. The first-order valence-corrected chi connectivity index (χ1v) is 13.1. The number of nitrogens with one attached hydrogen (secondary N) is 1. The van der Waals surface area contributed by atoms with Crippen LogP contribution in [0.15, 0.2) is 24.4 Å². The van der Waals surface area contributed by atoms with Crippen LogP contribution in [0.5, 0.6) is 11.8 Å². The Kier molecular flexibility index (Phi) is 4.21. The molecule has 4 aliphatic carbocycles. The van der Waals surface area contributed by atoms with Crippen LogP contribution in [0.3, 0.4) is 0 Å². The summed E-state index contributed by atoms with van der Waals surface area (Å²) in [5.41, 5.74) is 12.1. The van der Waals surface area contributed by atoms with E-state index in [1.54, 1.807) is 25.4 Å². The Morgan fingerprint density at radius 2 is 2.05 bits per heavy atom. The number of nitrogens with two attached hydrogens (primary N) is 1. The van der Waals surface area contributed by atoms with Crippen molar-refractivity contribution in [3.05, 3.63) is 52.7 Å². The molecule has 2 aromatic heterocycles. The van der Waals surface area contributed by atoms with Crippen molar-refractivity contribution in [2.24, 2.45) is 17.6 Å². The standard InChI is InChI=1S/C28H27FN6O2/c1-31-21-6-14(29)5-17-16(21)8-22-24(17)26(35-11-13-4-20(30)19(13)12-35)34-27(33-22)37-15-7-18-23(36)9-28(2-3-28)25(18)32-10-15/h5-7,10,13,19-20,31H,2-4,8-9,11-12,30H2,1H3/t13?,19?,20-/m1/s1. The van der Waals surface area contributed by atoms with Crippen LogP contribution in [0, 0.1) is 17.7 Å². The molecule has 37 heavy (non-hydrogen) atoms. The fourth-order valence-electron chi connectivity index (χ4n) is 7.02. The third kappa shape index (κ3) is 3.03. The Hall–Kier alpha value is -3.59. The number of anilines is 2. The predicted molar refractivity (Wildman–Crippen MR) is 136 cm³/mol. The van der Waals surface area contributed by atoms with Gasteiger partial charge in [-0.25, -0.2) is 4.39 Å². The van der Waals surface area contributed by atoms with E-state index in [-0.39, 0.29) is 29.1 Å². The molecule has 3 heterocycles. The summed E-state index contributed by atoms with van der Waals surface area (Å²) in [4.78, 5) is 29.2. The van der Waals surface area contributed by atoms with Crippen LogP contribution in [0.1, 0.15) is 53.0 Å². The van der Waals surface area contributed by atoms with Gasteiger partial charge < -0.3 is 20.7 Å². The molecule has 1 spiro atoms. The van der Waals surface area contributed by atoms with Crippen molar-refractivity contribution in [3.8, 4) is 22.9 Å². The SMILES string of the molecule is CNc1cc(F)cc2c1Cc1nc(Oc3cnc4c(c3)C(=O)CC43CC3)nc(N3CC4C[C@@H](N)C4C3)c1-2. The van der Waals surface area contributed by atoms with Crippen molar-refractivity contribution >= 4 is 17.3 Å². The summed E-state index contributed by atoms with van der Waals surface area (Å²) >= 11 is 0. The molecule has 3 fully saturated rings. The normalized spacial score (nSPS) is 25.4. The molecule has 2 saturated carbocycles. The molecular weight excluding hydrogens is 471 g/mol. The molecule has 3 atom stereocenters. The molecule has 1 saturated heterocycles. The van der Waals surface area contributed by atoms with Gasteiger partial charge in [0.05, 0.1) is 17.6 Å². The van der Waals surface area contributed by atoms with Crippen LogP contribution in [0.25, 0.3) is 11.1 Å². The lowest BCUT2D eigenvalue weighted by atomic mass is 9.72. The van der Waals surface area contributed by atoms with E-state index in [0.29, 0.717) is 36.0 Å². The average Bonchev–Trinajstić information content (AvgIpc) is 3.31. The van der Waals surface area contributed by atoms with Crippen LogP contribution in [-0.4, -0.2) is 46.9 Å². The summed E-state index contributed by atoms with van der Waals surface area (Å²) in [6.07, 6.45) is 5.83. The Balaban J connectivity index is 1.21. The number of carbonyl (C=O) groups is 1. The van der Waals surface area contributed by atoms with E-state index in [0.717, 1.165) is 71.9 Å². The zero-order valence-electron chi connectivity index (χ0n) is 20.6. The van der Waals surface area contributed by atoms with Gasteiger partial charge in [0.2, 0.25) is 0 Å². The largest absolute Gasteiger partial charge is 0.423 e. The number of rotatable bonds is 4. The first-order valence-electron chi connectivity index (χ1n) is 13.1. The first kappa shape index (κ1) is 21.5. The van der Waals surface area contributed by atoms with Gasteiger partial charge in [0.15, 0.2) is 5.78 Å². The third-order valence-corrected chi connectivity index (χ3v) is 9.18. The highest BCUT2D eigenvalue weighted by Gasteiger charge is 2.53. The number of fused-ring (bicyclic) bond motifs is 6. The maximum atomic E-state index is 14.6. The number of hydrogen-bond donors (Lipinski definition) is 2. The highest BCUT2D eigenvalue weighted by molar-refractivity contribution is 6.02. The summed E-state index contributed by atoms with van der Waals surface area (Å²) in [5, 5.41) is 3.13. The van der Waals surface area contributed by atoms with Crippen LogP contribution in [-0.2, 0) is 11.8 Å². The number of benzene rings is 1. The molecule has 0 radical (unpaired) electrons. The molecule has 1 aliphatic heterocycles. The maximum absolute atomic E-state index is 14.6. The van der Waals surface area contributed by atoms with Crippen molar-refractivity contribution in [1.82, 2.24) is 15.0 Å². The number of halogens is 1. The molecule has 3 N–H and O–H groups in total. The Bertz CT molecular complexity index is 1520. The minimum atomic E-state index is -0.298. The zero-order chi connectivity index (χ0) is 25.1. The predicted octanol–water partition coefficient (Wildman–Crippen LogP) is 3.82. The van der Waals surface area contributed by atoms with Crippen LogP contribution in [0.2, 0.25) is 0 Å². The van der Waals surface area contributed by atoms with Gasteiger partial charge in [-0.15, -0.1) is 0 Å². The van der Waals surface area contributed by atoms with Gasteiger partial charge in [-0.05, 0) is 60.4 Å². The van der Waals surface area contributed by atoms with Gasteiger partial charge in [-0.3, -0.25) is 9.78 Å². The molecule has 3 aromatic rings. The highest BCUT2D eigenvalue weighted by atomic mass is 19.1. The topological polar surface area (TPSA) is 106 Å². The summed E-state index contributed by atoms with van der Waals surface area (Å²) in [7, 11) is 1.80. The molecule has 0 bridgehead atoms. The van der Waals surface area contributed by atoms with Gasteiger partial charge in [0.25, 0.3) is 0 Å². The number of hydrogen-bond acceptors (Lipinski definition) is 8. The van der Waals surface area contributed by atoms with E-state index in [1.165, 1.54) is 6.07 Å². The summed E-state index contributed by atoms with van der Waals surface area (Å²) < 4.78 is 20.8. The van der Waals surface area contributed by atoms with Gasteiger partial charge in [0.1, 0.15) is 17.4 Å². The molecule has 188 valence electrons. The summed E-state index contributed by atoms with van der Waals surface area (Å²) in [6, 6.07) is 5.31. The first-order chi connectivity index (χ1) is 17.9. The molecular formula is C28H27FN6O2. The molecule has 9 heteroatoms. The molecule has 5 aliphatic rings. The lowest BCUT2D eigenvalue weighted by molar-refractivity contribution is 0.0986. The van der Waals surface area contributed by atoms with E-state index in [1.807, 2.05) is 0 Å². The molecule has 0 amide bonds. The van der Waals surface area contributed by atoms with E-state index in [2.05, 4.69) is 15.2 Å². The van der Waals surface area contributed by atoms with Crippen LogP contribution >= 0.6 is 0 Å². The quantitative estimate of drug-likeness (QED) is 0.438. The van der Waals surface area contributed by atoms with Gasteiger partial charge in [-0.2, -0.15) is 9.97 Å². The smallest absolute Gasteiger partial charge is 0.324 e. The molecule has 2 unspecified atom stereocenters. The number of carbonyl (C=O) groups excluding carboxylic acids is 1. The Morgan fingerprint density at radius 1 is 1.19 bits per heavy atom. The van der Waals surface area contributed by atoms with Crippen molar-refractivity contribution in [1.29, 1.82) is 0 Å². The monoisotopic (exact) mass is 498 g/mol. The Morgan fingerprint density at radius 3 is 2.81 bits per heavy atom. The highest BCUT2D eigenvalue weighted by Crippen LogP contribution is 2.56. The molecule has 1 aromatic carbocycles. The van der Waals surface area contributed by atoms with E-state index < -0.39 is 0 Å². The second-order valence-corrected chi connectivity index (χ2v) is 11.3. The number of nitrogens with zero attached hydrogens (tertiary/aromatic N) is 4. The van der Waals surface area contributed by atoms with E-state index in [9.17, 15) is 9.18 Å². The van der Waals surface area contributed by atoms with Crippen molar-refractivity contribution in [2.75, 3.05) is 30.4 Å². The number of ether oxygens (including phenoxy) is 1. The number of aromatic nitrogens is 3. The van der Waals surface area contributed by atoms with Crippen LogP contribution < -0.4 is 20.7 Å². The Labute approximate surface area is 213 Å². The van der Waals surface area contributed by atoms with Gasteiger partial charge in [0, 0.05) is 61.2 Å². The summed E-state index contributed by atoms with van der Waals surface area (Å²) in [5.74, 6) is 2.03. The van der Waals surface area contributed by atoms with Crippen molar-refractivity contribution in [3.63, 3.8) is 0 Å². The lowest BCUT2D eigenvalue weighted by Gasteiger charge is -2.36. The second kappa shape index (κ2) is 7.25. The van der Waals surface area contributed by atoms with Crippen molar-refractivity contribution in [2.45, 2.75) is 43.6 Å².